The van der Waals surface area contributed by atoms with E-state index in [1.54, 1.807) is 24.3 Å². The van der Waals surface area contributed by atoms with Gasteiger partial charge < -0.3 is 4.52 Å². The van der Waals surface area contributed by atoms with Crippen molar-refractivity contribution < 1.29 is 12.9 Å². The van der Waals surface area contributed by atoms with Crippen LogP contribution in [0.1, 0.15) is 18.4 Å². The first-order chi connectivity index (χ1) is 12.5. The molecule has 1 saturated heterocycles. The fourth-order valence-electron chi connectivity index (χ4n) is 3.09. The minimum Gasteiger partial charge on any atom is -0.334 e. The minimum atomic E-state index is -3.41. The molecule has 2 aromatic carbocycles. The molecule has 134 valence electrons. The van der Waals surface area contributed by atoms with Gasteiger partial charge in [0.1, 0.15) is 0 Å². The monoisotopic (exact) mass is 369 g/mol. The van der Waals surface area contributed by atoms with E-state index >= 15 is 0 Å². The minimum absolute atomic E-state index is 0.297. The molecule has 1 aliphatic rings. The molecule has 1 fully saturated rings. The van der Waals surface area contributed by atoms with Gasteiger partial charge in [0, 0.05) is 24.2 Å². The molecule has 0 amide bonds. The Labute approximate surface area is 152 Å². The van der Waals surface area contributed by atoms with Crippen LogP contribution in [0, 0.1) is 6.92 Å². The number of hydrogen-bond donors (Lipinski definition) is 0. The van der Waals surface area contributed by atoms with Crippen molar-refractivity contribution in [1.29, 1.82) is 0 Å². The van der Waals surface area contributed by atoms with Crippen molar-refractivity contribution in [3.05, 3.63) is 54.1 Å². The van der Waals surface area contributed by atoms with Gasteiger partial charge in [-0.15, -0.1) is 0 Å². The zero-order chi connectivity index (χ0) is 18.1. The van der Waals surface area contributed by atoms with Crippen molar-refractivity contribution in [1.82, 2.24) is 14.4 Å². The van der Waals surface area contributed by atoms with Crippen molar-refractivity contribution in [2.24, 2.45) is 0 Å². The van der Waals surface area contributed by atoms with Crippen molar-refractivity contribution in [3.63, 3.8) is 0 Å². The van der Waals surface area contributed by atoms with E-state index in [4.69, 9.17) is 4.52 Å². The van der Waals surface area contributed by atoms with E-state index in [9.17, 15) is 8.42 Å². The second kappa shape index (κ2) is 6.66. The van der Waals surface area contributed by atoms with Crippen LogP contribution in [0.3, 0.4) is 0 Å². The molecule has 0 unspecified atom stereocenters. The standard InChI is InChI=1S/C19H19N3O3S/c1-14-5-4-6-16(13-14)19-20-18(21-25-19)15-7-9-17(10-8-15)26(23,24)22-11-2-3-12-22/h4-10,13H,2-3,11-12H2,1H3. The summed E-state index contributed by atoms with van der Waals surface area (Å²) in [5.41, 5.74) is 2.68. The van der Waals surface area contributed by atoms with Crippen LogP contribution >= 0.6 is 0 Å². The molecule has 4 rings (SSSR count). The molecule has 0 bridgehead atoms. The summed E-state index contributed by atoms with van der Waals surface area (Å²) in [6.07, 6.45) is 1.84. The lowest BCUT2D eigenvalue weighted by Crippen LogP contribution is -2.27. The van der Waals surface area contributed by atoms with Crippen molar-refractivity contribution >= 4 is 10.0 Å². The molecule has 0 aliphatic carbocycles. The Kier molecular flexibility index (Phi) is 4.34. The number of aromatic nitrogens is 2. The quantitative estimate of drug-likeness (QED) is 0.703. The molecule has 7 heteroatoms. The summed E-state index contributed by atoms with van der Waals surface area (Å²) in [4.78, 5) is 4.72. The maximum atomic E-state index is 12.6. The largest absolute Gasteiger partial charge is 0.334 e. The highest BCUT2D eigenvalue weighted by molar-refractivity contribution is 7.89. The molecule has 6 nitrogen and oxygen atoms in total. The zero-order valence-corrected chi connectivity index (χ0v) is 15.2. The number of nitrogens with zero attached hydrogens (tertiary/aromatic N) is 3. The predicted molar refractivity (Wildman–Crippen MR) is 97.9 cm³/mol. The normalized spacial score (nSPS) is 15.4. The number of benzene rings is 2. The highest BCUT2D eigenvalue weighted by Gasteiger charge is 2.27. The molecule has 0 spiro atoms. The van der Waals surface area contributed by atoms with Crippen LogP contribution in [-0.2, 0) is 10.0 Å². The van der Waals surface area contributed by atoms with Gasteiger partial charge in [0.25, 0.3) is 5.89 Å². The zero-order valence-electron chi connectivity index (χ0n) is 14.4. The second-order valence-corrected chi connectivity index (χ2v) is 8.37. The number of aryl methyl sites for hydroxylation is 1. The fraction of sp³-hybridized carbons (Fsp3) is 0.263. The van der Waals surface area contributed by atoms with E-state index < -0.39 is 10.0 Å². The molecule has 0 radical (unpaired) electrons. The molecule has 1 aromatic heterocycles. The molecular formula is C19H19N3O3S. The Morgan fingerprint density at radius 1 is 1.00 bits per heavy atom. The third kappa shape index (κ3) is 3.15. The summed E-state index contributed by atoms with van der Waals surface area (Å²) < 4.78 is 32.0. The number of rotatable bonds is 4. The molecule has 1 aliphatic heterocycles. The van der Waals surface area contributed by atoms with Crippen LogP contribution in [-0.4, -0.2) is 36.0 Å². The first-order valence-electron chi connectivity index (χ1n) is 8.55. The first-order valence-corrected chi connectivity index (χ1v) is 9.99. The summed E-state index contributed by atoms with van der Waals surface area (Å²) >= 11 is 0. The summed E-state index contributed by atoms with van der Waals surface area (Å²) in [5.74, 6) is 0.879. The molecule has 0 saturated carbocycles. The van der Waals surface area contributed by atoms with Crippen molar-refractivity contribution in [2.75, 3.05) is 13.1 Å². The molecule has 26 heavy (non-hydrogen) atoms. The van der Waals surface area contributed by atoms with E-state index in [1.165, 1.54) is 4.31 Å². The first kappa shape index (κ1) is 16.9. The van der Waals surface area contributed by atoms with Gasteiger partial charge in [0.05, 0.1) is 4.90 Å². The Hall–Kier alpha value is -2.51. The topological polar surface area (TPSA) is 76.3 Å². The van der Waals surface area contributed by atoms with Gasteiger partial charge in [-0.2, -0.15) is 9.29 Å². The summed E-state index contributed by atoms with van der Waals surface area (Å²) in [6, 6.07) is 14.5. The third-order valence-electron chi connectivity index (χ3n) is 4.51. The summed E-state index contributed by atoms with van der Waals surface area (Å²) in [6.45, 7) is 3.18. The maximum Gasteiger partial charge on any atom is 0.258 e. The van der Waals surface area contributed by atoms with Gasteiger partial charge >= 0.3 is 0 Å². The lowest BCUT2D eigenvalue weighted by atomic mass is 10.1. The SMILES string of the molecule is Cc1cccc(-c2nc(-c3ccc(S(=O)(=O)N4CCCC4)cc3)no2)c1. The molecule has 0 atom stereocenters. The van der Waals surface area contributed by atoms with Crippen molar-refractivity contribution in [2.45, 2.75) is 24.7 Å². The van der Waals surface area contributed by atoms with Gasteiger partial charge in [-0.3, -0.25) is 0 Å². The van der Waals surface area contributed by atoms with Gasteiger partial charge in [0.15, 0.2) is 0 Å². The highest BCUT2D eigenvalue weighted by atomic mass is 32.2. The molecular weight excluding hydrogens is 350 g/mol. The lowest BCUT2D eigenvalue weighted by molar-refractivity contribution is 0.432. The van der Waals surface area contributed by atoms with Gasteiger partial charge in [-0.25, -0.2) is 8.42 Å². The Morgan fingerprint density at radius 3 is 2.42 bits per heavy atom. The number of hydrogen-bond acceptors (Lipinski definition) is 5. The average Bonchev–Trinajstić information content (AvgIpc) is 3.34. The second-order valence-electron chi connectivity index (χ2n) is 6.43. The van der Waals surface area contributed by atoms with Gasteiger partial charge in [-0.05, 0) is 56.2 Å². The smallest absolute Gasteiger partial charge is 0.258 e. The Bertz CT molecular complexity index is 1020. The lowest BCUT2D eigenvalue weighted by Gasteiger charge is -2.15. The van der Waals surface area contributed by atoms with Crippen LogP contribution in [0.25, 0.3) is 22.8 Å². The van der Waals surface area contributed by atoms with E-state index in [-0.39, 0.29) is 0 Å². The van der Waals surface area contributed by atoms with E-state index in [0.717, 1.165) is 24.0 Å². The van der Waals surface area contributed by atoms with Gasteiger partial charge in [0.2, 0.25) is 15.8 Å². The predicted octanol–water partition coefficient (Wildman–Crippen LogP) is 3.50. The van der Waals surface area contributed by atoms with Gasteiger partial charge in [-0.1, -0.05) is 22.9 Å². The van der Waals surface area contributed by atoms with E-state index in [2.05, 4.69) is 10.1 Å². The van der Waals surface area contributed by atoms with Crippen LogP contribution in [0.4, 0.5) is 0 Å². The fourth-order valence-corrected chi connectivity index (χ4v) is 4.61. The van der Waals surface area contributed by atoms with E-state index in [0.29, 0.717) is 35.3 Å². The summed E-state index contributed by atoms with van der Waals surface area (Å²) in [5, 5.41) is 4.02. The van der Waals surface area contributed by atoms with Crippen LogP contribution in [0.2, 0.25) is 0 Å². The number of sulfonamides is 1. The maximum absolute atomic E-state index is 12.6. The molecule has 2 heterocycles. The third-order valence-corrected chi connectivity index (χ3v) is 6.42. The molecule has 3 aromatic rings. The van der Waals surface area contributed by atoms with Crippen LogP contribution in [0.15, 0.2) is 57.9 Å². The Morgan fingerprint density at radius 2 is 1.73 bits per heavy atom. The van der Waals surface area contributed by atoms with Crippen molar-refractivity contribution in [3.8, 4) is 22.8 Å². The van der Waals surface area contributed by atoms with Crippen LogP contribution in [0.5, 0.6) is 0 Å². The summed E-state index contributed by atoms with van der Waals surface area (Å²) in [7, 11) is -3.41. The van der Waals surface area contributed by atoms with Crippen LogP contribution < -0.4 is 0 Å². The highest BCUT2D eigenvalue weighted by Crippen LogP contribution is 2.25. The van der Waals surface area contributed by atoms with E-state index in [1.807, 2.05) is 31.2 Å². The Balaban J connectivity index is 1.60. The molecule has 0 N–H and O–H groups in total. The average molecular weight is 369 g/mol.